The Balaban J connectivity index is 2.62. The molecule has 0 aliphatic rings. The fourth-order valence-electron chi connectivity index (χ4n) is 1.65. The van der Waals surface area contributed by atoms with Crippen molar-refractivity contribution < 1.29 is 5.11 Å². The zero-order chi connectivity index (χ0) is 12.7. The number of aliphatic hydroxyl groups is 1. The molecule has 96 valence electrons. The lowest BCUT2D eigenvalue weighted by Crippen LogP contribution is -2.18. The molecular formula is C11H21N5O. The van der Waals surface area contributed by atoms with Gasteiger partial charge in [-0.1, -0.05) is 13.3 Å². The maximum Gasteiger partial charge on any atom is 0.148 e. The largest absolute Gasteiger partial charge is 0.396 e. The van der Waals surface area contributed by atoms with Crippen molar-refractivity contribution >= 4 is 11.6 Å². The predicted octanol–water partition coefficient (Wildman–Crippen LogP) is 0.891. The molecule has 17 heavy (non-hydrogen) atoms. The molecule has 1 atom stereocenters. The van der Waals surface area contributed by atoms with Crippen molar-refractivity contribution in [2.75, 3.05) is 23.9 Å². The molecule has 1 aromatic rings. The van der Waals surface area contributed by atoms with Crippen LogP contribution < -0.4 is 16.6 Å². The van der Waals surface area contributed by atoms with Crippen LogP contribution in [0.2, 0.25) is 0 Å². The van der Waals surface area contributed by atoms with E-state index in [-0.39, 0.29) is 6.61 Å². The SMILES string of the molecule is CCC(CCO)CNc1ncnc(NN)c1C. The summed E-state index contributed by atoms with van der Waals surface area (Å²) in [6.45, 7) is 5.03. The third kappa shape index (κ3) is 3.83. The molecule has 0 radical (unpaired) electrons. The maximum absolute atomic E-state index is 8.92. The number of aliphatic hydroxyl groups excluding tert-OH is 1. The summed E-state index contributed by atoms with van der Waals surface area (Å²) in [5, 5.41) is 12.2. The third-order valence-electron chi connectivity index (χ3n) is 2.89. The highest BCUT2D eigenvalue weighted by Gasteiger charge is 2.09. The highest BCUT2D eigenvalue weighted by Crippen LogP contribution is 2.18. The highest BCUT2D eigenvalue weighted by molar-refractivity contribution is 5.55. The summed E-state index contributed by atoms with van der Waals surface area (Å²) in [6.07, 6.45) is 3.30. The molecule has 0 aliphatic heterocycles. The summed E-state index contributed by atoms with van der Waals surface area (Å²) in [5.41, 5.74) is 3.43. The van der Waals surface area contributed by atoms with Crippen molar-refractivity contribution in [2.24, 2.45) is 11.8 Å². The molecule has 0 saturated carbocycles. The van der Waals surface area contributed by atoms with Crippen molar-refractivity contribution in [3.63, 3.8) is 0 Å². The Labute approximate surface area is 102 Å². The minimum Gasteiger partial charge on any atom is -0.396 e. The molecule has 1 unspecified atom stereocenters. The fraction of sp³-hybridized carbons (Fsp3) is 0.636. The van der Waals surface area contributed by atoms with E-state index in [1.165, 1.54) is 6.33 Å². The second-order valence-corrected chi connectivity index (χ2v) is 4.01. The van der Waals surface area contributed by atoms with Gasteiger partial charge in [0.25, 0.3) is 0 Å². The van der Waals surface area contributed by atoms with Crippen LogP contribution in [0.1, 0.15) is 25.3 Å². The molecule has 0 bridgehead atoms. The normalized spacial score (nSPS) is 12.2. The highest BCUT2D eigenvalue weighted by atomic mass is 16.3. The lowest BCUT2D eigenvalue weighted by atomic mass is 10.0. The van der Waals surface area contributed by atoms with Crippen LogP contribution in [0.15, 0.2) is 6.33 Å². The van der Waals surface area contributed by atoms with Crippen LogP contribution in [0.4, 0.5) is 11.6 Å². The number of hydrazine groups is 1. The van der Waals surface area contributed by atoms with E-state index in [9.17, 15) is 0 Å². The van der Waals surface area contributed by atoms with Crippen LogP contribution in [0, 0.1) is 12.8 Å². The molecule has 1 aromatic heterocycles. The Morgan fingerprint density at radius 2 is 2.12 bits per heavy atom. The number of nitrogens with zero attached hydrogens (tertiary/aromatic N) is 2. The molecule has 1 rings (SSSR count). The van der Waals surface area contributed by atoms with E-state index in [0.29, 0.717) is 11.7 Å². The van der Waals surface area contributed by atoms with Crippen LogP contribution in [0.3, 0.4) is 0 Å². The predicted molar refractivity (Wildman–Crippen MR) is 68.6 cm³/mol. The molecular weight excluding hydrogens is 218 g/mol. The topological polar surface area (TPSA) is 96.1 Å². The van der Waals surface area contributed by atoms with Gasteiger partial charge in [-0.2, -0.15) is 0 Å². The van der Waals surface area contributed by atoms with E-state index < -0.39 is 0 Å². The minimum absolute atomic E-state index is 0.221. The van der Waals surface area contributed by atoms with Crippen LogP contribution in [-0.2, 0) is 0 Å². The van der Waals surface area contributed by atoms with Gasteiger partial charge in [0.1, 0.15) is 18.0 Å². The molecule has 0 saturated heterocycles. The van der Waals surface area contributed by atoms with Crippen molar-refractivity contribution in [2.45, 2.75) is 26.7 Å². The van der Waals surface area contributed by atoms with Crippen LogP contribution in [0.5, 0.6) is 0 Å². The first kappa shape index (κ1) is 13.7. The van der Waals surface area contributed by atoms with Gasteiger partial charge in [0.2, 0.25) is 0 Å². The number of anilines is 2. The summed E-state index contributed by atoms with van der Waals surface area (Å²) in [7, 11) is 0. The minimum atomic E-state index is 0.221. The van der Waals surface area contributed by atoms with Gasteiger partial charge in [-0.3, -0.25) is 0 Å². The van der Waals surface area contributed by atoms with Crippen LogP contribution in [0.25, 0.3) is 0 Å². The summed E-state index contributed by atoms with van der Waals surface area (Å²) in [4.78, 5) is 8.19. The average Bonchev–Trinajstić information content (AvgIpc) is 2.36. The molecule has 5 N–H and O–H groups in total. The monoisotopic (exact) mass is 239 g/mol. The second-order valence-electron chi connectivity index (χ2n) is 4.01. The molecule has 0 amide bonds. The van der Waals surface area contributed by atoms with Crippen LogP contribution in [-0.4, -0.2) is 28.2 Å². The van der Waals surface area contributed by atoms with Gasteiger partial charge < -0.3 is 15.8 Å². The summed E-state index contributed by atoms with van der Waals surface area (Å²) in [6, 6.07) is 0. The first-order valence-corrected chi connectivity index (χ1v) is 5.85. The van der Waals surface area contributed by atoms with E-state index in [4.69, 9.17) is 10.9 Å². The summed E-state index contributed by atoms with van der Waals surface area (Å²) >= 11 is 0. The van der Waals surface area contributed by atoms with Gasteiger partial charge >= 0.3 is 0 Å². The van der Waals surface area contributed by atoms with E-state index in [2.05, 4.69) is 27.6 Å². The van der Waals surface area contributed by atoms with Gasteiger partial charge in [-0.25, -0.2) is 15.8 Å². The standard InChI is InChI=1S/C11H21N5O/c1-3-9(4-5-17)6-13-10-8(2)11(16-12)15-7-14-10/h7,9,17H,3-6,12H2,1-2H3,(H2,13,14,15,16). The smallest absolute Gasteiger partial charge is 0.148 e. The molecule has 0 spiro atoms. The Kier molecular flexibility index (Phi) is 5.65. The quantitative estimate of drug-likeness (QED) is 0.417. The number of aromatic nitrogens is 2. The van der Waals surface area contributed by atoms with Crippen molar-refractivity contribution in [1.29, 1.82) is 0 Å². The van der Waals surface area contributed by atoms with E-state index in [1.807, 2.05) is 6.92 Å². The van der Waals surface area contributed by atoms with Crippen molar-refractivity contribution in [1.82, 2.24) is 9.97 Å². The first-order valence-electron chi connectivity index (χ1n) is 5.85. The number of hydrogen-bond donors (Lipinski definition) is 4. The number of nitrogens with one attached hydrogen (secondary N) is 2. The van der Waals surface area contributed by atoms with Gasteiger partial charge in [-0.15, -0.1) is 0 Å². The third-order valence-corrected chi connectivity index (χ3v) is 2.89. The Morgan fingerprint density at radius 1 is 1.41 bits per heavy atom. The molecule has 0 aliphatic carbocycles. The van der Waals surface area contributed by atoms with Crippen LogP contribution >= 0.6 is 0 Å². The summed E-state index contributed by atoms with van der Waals surface area (Å²) in [5.74, 6) is 7.20. The molecule has 6 heteroatoms. The number of rotatable bonds is 7. The van der Waals surface area contributed by atoms with Crippen molar-refractivity contribution in [3.8, 4) is 0 Å². The molecule has 0 aromatic carbocycles. The van der Waals surface area contributed by atoms with E-state index in [0.717, 1.165) is 30.8 Å². The zero-order valence-corrected chi connectivity index (χ0v) is 10.4. The van der Waals surface area contributed by atoms with E-state index >= 15 is 0 Å². The van der Waals surface area contributed by atoms with Crippen molar-refractivity contribution in [3.05, 3.63) is 11.9 Å². The fourth-order valence-corrected chi connectivity index (χ4v) is 1.65. The molecule has 6 nitrogen and oxygen atoms in total. The number of nitrogen functional groups attached to an aromatic ring is 1. The second kappa shape index (κ2) is 7.03. The first-order chi connectivity index (χ1) is 8.22. The lowest BCUT2D eigenvalue weighted by Gasteiger charge is -2.16. The summed E-state index contributed by atoms with van der Waals surface area (Å²) < 4.78 is 0. The zero-order valence-electron chi connectivity index (χ0n) is 10.4. The van der Waals surface area contributed by atoms with Gasteiger partial charge in [-0.05, 0) is 19.3 Å². The van der Waals surface area contributed by atoms with E-state index in [1.54, 1.807) is 0 Å². The average molecular weight is 239 g/mol. The van der Waals surface area contributed by atoms with Gasteiger partial charge in [0, 0.05) is 18.7 Å². The van der Waals surface area contributed by atoms with Gasteiger partial charge in [0.15, 0.2) is 0 Å². The molecule has 0 fully saturated rings. The Morgan fingerprint density at radius 3 is 2.71 bits per heavy atom. The lowest BCUT2D eigenvalue weighted by molar-refractivity contribution is 0.258. The Hall–Kier alpha value is -1.40. The molecule has 1 heterocycles. The number of nitrogens with two attached hydrogens (primary N) is 1. The Bertz CT molecular complexity index is 345. The number of hydrogen-bond acceptors (Lipinski definition) is 6. The maximum atomic E-state index is 8.92. The van der Waals surface area contributed by atoms with Gasteiger partial charge in [0.05, 0.1) is 0 Å².